The van der Waals surface area contributed by atoms with Crippen LogP contribution in [0.2, 0.25) is 0 Å². The fraction of sp³-hybridized carbons (Fsp3) is 0.632. The number of nitrogens with one attached hydrogen (secondary N) is 1. The van der Waals surface area contributed by atoms with Gasteiger partial charge in [-0.2, -0.15) is 4.31 Å². The lowest BCUT2D eigenvalue weighted by molar-refractivity contribution is -0.115. The number of amides is 1. The van der Waals surface area contributed by atoms with Crippen LogP contribution in [0.4, 0.5) is 5.69 Å². The number of anilines is 1. The van der Waals surface area contributed by atoms with Gasteiger partial charge in [-0.05, 0) is 38.0 Å². The molecule has 1 aromatic rings. The molecule has 150 valence electrons. The zero-order valence-electron chi connectivity index (χ0n) is 15.7. The maximum Gasteiger partial charge on any atom is 0.243 e. The van der Waals surface area contributed by atoms with E-state index in [1.807, 2.05) is 6.92 Å². The van der Waals surface area contributed by atoms with E-state index in [2.05, 4.69) is 5.32 Å². The summed E-state index contributed by atoms with van der Waals surface area (Å²) in [6, 6.07) is 6.51. The highest BCUT2D eigenvalue weighted by Gasteiger charge is 2.27. The van der Waals surface area contributed by atoms with Crippen molar-refractivity contribution in [2.75, 3.05) is 31.6 Å². The number of carbonyl (C=O) groups excluding carboxylic acids is 1. The Bertz CT molecular complexity index is 742. The highest BCUT2D eigenvalue weighted by atomic mass is 32.2. The van der Waals surface area contributed by atoms with Gasteiger partial charge in [0.2, 0.25) is 15.9 Å². The third-order valence-corrected chi connectivity index (χ3v) is 8.40. The summed E-state index contributed by atoms with van der Waals surface area (Å²) in [5, 5.41) is 3.27. The van der Waals surface area contributed by atoms with Crippen molar-refractivity contribution in [1.29, 1.82) is 0 Å². The highest BCUT2D eigenvalue weighted by molar-refractivity contribution is 8.01. The van der Waals surface area contributed by atoms with Crippen molar-refractivity contribution in [3.63, 3.8) is 0 Å². The molecule has 27 heavy (non-hydrogen) atoms. The molecule has 2 aliphatic rings. The minimum absolute atomic E-state index is 0.0773. The fourth-order valence-corrected chi connectivity index (χ4v) is 6.29. The predicted octanol–water partition coefficient (Wildman–Crippen LogP) is 3.10. The first kappa shape index (κ1) is 20.6. The van der Waals surface area contributed by atoms with Crippen molar-refractivity contribution in [2.45, 2.75) is 54.4 Å². The summed E-state index contributed by atoms with van der Waals surface area (Å²) >= 11 is 1.73. The van der Waals surface area contributed by atoms with Crippen LogP contribution in [0.25, 0.3) is 0 Å². The lowest BCUT2D eigenvalue weighted by atomic mass is 10.0. The summed E-state index contributed by atoms with van der Waals surface area (Å²) in [5.41, 5.74) is 0.519. The Labute approximate surface area is 166 Å². The molecule has 1 amide bonds. The van der Waals surface area contributed by atoms with E-state index in [0.29, 0.717) is 37.2 Å². The maximum absolute atomic E-state index is 12.8. The van der Waals surface area contributed by atoms with Crippen molar-refractivity contribution in [3.8, 4) is 0 Å². The fourth-order valence-electron chi connectivity index (χ4n) is 3.47. The van der Waals surface area contributed by atoms with Crippen molar-refractivity contribution in [3.05, 3.63) is 24.3 Å². The van der Waals surface area contributed by atoms with E-state index >= 15 is 0 Å². The topological polar surface area (TPSA) is 75.7 Å². The molecule has 0 aromatic heterocycles. The molecule has 1 atom stereocenters. The number of thioether (sulfide) groups is 1. The summed E-state index contributed by atoms with van der Waals surface area (Å²) in [6.07, 6.45) is 6.13. The molecule has 6 nitrogen and oxygen atoms in total. The molecule has 0 unspecified atom stereocenters. The lowest BCUT2D eigenvalue weighted by Crippen LogP contribution is -2.40. The molecule has 1 N–H and O–H groups in total. The Morgan fingerprint density at radius 2 is 1.93 bits per heavy atom. The molecule has 1 aliphatic heterocycles. The zero-order valence-corrected chi connectivity index (χ0v) is 17.4. The highest BCUT2D eigenvalue weighted by Crippen LogP contribution is 2.31. The average Bonchev–Trinajstić information content (AvgIpc) is 2.69. The Kier molecular flexibility index (Phi) is 7.19. The number of sulfonamides is 1. The van der Waals surface area contributed by atoms with Gasteiger partial charge in [0, 0.05) is 24.0 Å². The van der Waals surface area contributed by atoms with Crippen LogP contribution >= 0.6 is 11.8 Å². The second-order valence-corrected chi connectivity index (χ2v) is 10.7. The number of nitrogens with zero attached hydrogens (tertiary/aromatic N) is 1. The van der Waals surface area contributed by atoms with Gasteiger partial charge in [0.1, 0.15) is 0 Å². The first-order valence-corrected chi connectivity index (χ1v) is 12.0. The number of ether oxygens (including phenoxy) is 1. The molecule has 1 saturated heterocycles. The second kappa shape index (κ2) is 9.41. The van der Waals surface area contributed by atoms with E-state index < -0.39 is 10.0 Å². The van der Waals surface area contributed by atoms with Gasteiger partial charge in [0.25, 0.3) is 0 Å². The zero-order chi connectivity index (χ0) is 19.3. The molecule has 1 heterocycles. The number of hydrogen-bond donors (Lipinski definition) is 1. The van der Waals surface area contributed by atoms with Gasteiger partial charge in [-0.15, -0.1) is 11.8 Å². The van der Waals surface area contributed by atoms with Gasteiger partial charge in [-0.1, -0.05) is 25.3 Å². The molecule has 1 aliphatic carbocycles. The predicted molar refractivity (Wildman–Crippen MR) is 109 cm³/mol. The van der Waals surface area contributed by atoms with Crippen LogP contribution in [0.1, 0.15) is 39.0 Å². The Balaban J connectivity index is 1.63. The summed E-state index contributed by atoms with van der Waals surface area (Å²) < 4.78 is 32.2. The SMILES string of the molecule is C[C@H](SC1CCCCC1)C(=O)Nc1cccc(S(=O)(=O)N2CCOCC2)c1. The Morgan fingerprint density at radius 3 is 2.63 bits per heavy atom. The van der Waals surface area contributed by atoms with Gasteiger partial charge in [-0.3, -0.25) is 4.79 Å². The number of benzene rings is 1. The molecular formula is C19H28N2O4S2. The molecule has 8 heteroatoms. The standard InChI is InChI=1S/C19H28N2O4S2/c1-15(26-17-7-3-2-4-8-17)19(22)20-16-6-5-9-18(14-16)27(23,24)21-10-12-25-13-11-21/h5-6,9,14-15,17H,2-4,7-8,10-13H2,1H3,(H,20,22)/t15-/m0/s1. The van der Waals surface area contributed by atoms with Crippen LogP contribution in [0, 0.1) is 0 Å². The molecular weight excluding hydrogens is 384 g/mol. The normalized spacial score (nSPS) is 20.9. The van der Waals surface area contributed by atoms with E-state index in [9.17, 15) is 13.2 Å². The lowest BCUT2D eigenvalue weighted by Gasteiger charge is -2.26. The number of rotatable bonds is 6. The smallest absolute Gasteiger partial charge is 0.243 e. The van der Waals surface area contributed by atoms with Gasteiger partial charge in [-0.25, -0.2) is 8.42 Å². The third-order valence-electron chi connectivity index (χ3n) is 5.03. The van der Waals surface area contributed by atoms with Crippen LogP contribution in [-0.2, 0) is 19.6 Å². The van der Waals surface area contributed by atoms with E-state index in [1.54, 1.807) is 36.0 Å². The van der Waals surface area contributed by atoms with Crippen LogP contribution in [-0.4, -0.2) is 55.4 Å². The van der Waals surface area contributed by atoms with Crippen molar-refractivity contribution in [1.82, 2.24) is 4.31 Å². The summed E-state index contributed by atoms with van der Waals surface area (Å²) in [7, 11) is -3.57. The molecule has 0 bridgehead atoms. The molecule has 0 radical (unpaired) electrons. The van der Waals surface area contributed by atoms with Crippen LogP contribution in [0.5, 0.6) is 0 Å². The Morgan fingerprint density at radius 1 is 1.22 bits per heavy atom. The number of hydrogen-bond acceptors (Lipinski definition) is 5. The first-order chi connectivity index (χ1) is 13.0. The van der Waals surface area contributed by atoms with Crippen molar-refractivity contribution >= 4 is 33.4 Å². The quantitative estimate of drug-likeness (QED) is 0.777. The van der Waals surface area contributed by atoms with Crippen molar-refractivity contribution in [2.24, 2.45) is 0 Å². The third kappa shape index (κ3) is 5.47. The van der Waals surface area contributed by atoms with E-state index in [4.69, 9.17) is 4.74 Å². The van der Waals surface area contributed by atoms with Crippen molar-refractivity contribution < 1.29 is 17.9 Å². The molecule has 2 fully saturated rings. The Hall–Kier alpha value is -1.09. The molecule has 1 aromatic carbocycles. The first-order valence-electron chi connectivity index (χ1n) is 9.61. The number of morpholine rings is 1. The minimum atomic E-state index is -3.57. The van der Waals surface area contributed by atoms with Gasteiger partial charge >= 0.3 is 0 Å². The second-order valence-electron chi connectivity index (χ2n) is 7.07. The summed E-state index contributed by atoms with van der Waals surface area (Å²) in [6.45, 7) is 3.45. The van der Waals surface area contributed by atoms with Gasteiger partial charge in [0.05, 0.1) is 23.4 Å². The van der Waals surface area contributed by atoms with E-state index in [-0.39, 0.29) is 16.1 Å². The van der Waals surface area contributed by atoms with E-state index in [0.717, 1.165) is 0 Å². The van der Waals surface area contributed by atoms with Gasteiger partial charge < -0.3 is 10.1 Å². The molecule has 1 saturated carbocycles. The minimum Gasteiger partial charge on any atom is -0.379 e. The van der Waals surface area contributed by atoms with E-state index in [1.165, 1.54) is 36.4 Å². The maximum atomic E-state index is 12.8. The van der Waals surface area contributed by atoms with Crippen LogP contribution in [0.3, 0.4) is 0 Å². The summed E-state index contributed by atoms with van der Waals surface area (Å²) in [4.78, 5) is 12.7. The average molecular weight is 413 g/mol. The van der Waals surface area contributed by atoms with Gasteiger partial charge in [0.15, 0.2) is 0 Å². The molecule has 0 spiro atoms. The number of carbonyl (C=O) groups is 1. The van der Waals surface area contributed by atoms with Crippen LogP contribution < -0.4 is 5.32 Å². The largest absolute Gasteiger partial charge is 0.379 e. The summed E-state index contributed by atoms with van der Waals surface area (Å²) in [5.74, 6) is -0.0773. The monoisotopic (exact) mass is 412 g/mol. The molecule has 3 rings (SSSR count). The van der Waals surface area contributed by atoms with Crippen LogP contribution in [0.15, 0.2) is 29.2 Å².